The molecule has 0 saturated carbocycles. The fourth-order valence-corrected chi connectivity index (χ4v) is 5.58. The van der Waals surface area contributed by atoms with E-state index in [1.807, 2.05) is 6.92 Å². The average molecular weight is 492 g/mol. The molecule has 0 heterocycles. The Morgan fingerprint density at radius 3 is 1.84 bits per heavy atom. The molecule has 1 unspecified atom stereocenters. The summed E-state index contributed by atoms with van der Waals surface area (Å²) in [5.41, 5.74) is 12.2. The molecule has 3 nitrogen and oxygen atoms in total. The molecule has 37 heavy (non-hydrogen) atoms. The van der Waals surface area contributed by atoms with Gasteiger partial charge in [-0.3, -0.25) is 0 Å². The Morgan fingerprint density at radius 2 is 1.24 bits per heavy atom. The zero-order valence-corrected chi connectivity index (χ0v) is 22.3. The Bertz CT molecular complexity index is 1390. The van der Waals surface area contributed by atoms with Gasteiger partial charge in [0.1, 0.15) is 0 Å². The third-order valence-corrected chi connectivity index (χ3v) is 7.98. The Balaban J connectivity index is 1.62. The summed E-state index contributed by atoms with van der Waals surface area (Å²) in [7, 11) is 0. The molecule has 190 valence electrons. The fourth-order valence-electron chi connectivity index (χ4n) is 5.58. The maximum atomic E-state index is 9.61. The summed E-state index contributed by atoms with van der Waals surface area (Å²) in [5.74, 6) is 0.104. The summed E-state index contributed by atoms with van der Waals surface area (Å²) < 4.78 is 0. The van der Waals surface area contributed by atoms with Crippen LogP contribution in [0.5, 0.6) is 0 Å². The van der Waals surface area contributed by atoms with Gasteiger partial charge in [-0.2, -0.15) is 0 Å². The Morgan fingerprint density at radius 1 is 0.703 bits per heavy atom. The second kappa shape index (κ2) is 10.2. The number of hydrogen-bond donors (Lipinski definition) is 2. The number of benzene rings is 4. The molecule has 4 aromatic carbocycles. The molecule has 2 N–H and O–H groups in total. The van der Waals surface area contributed by atoms with Gasteiger partial charge in [-0.25, -0.2) is 0 Å². The molecule has 4 aromatic rings. The first-order valence-corrected chi connectivity index (χ1v) is 13.4. The van der Waals surface area contributed by atoms with Gasteiger partial charge in [0.05, 0.1) is 0 Å². The van der Waals surface area contributed by atoms with E-state index in [-0.39, 0.29) is 24.5 Å². The Labute approximate surface area is 221 Å². The van der Waals surface area contributed by atoms with E-state index in [0.717, 1.165) is 34.6 Å². The first kappa shape index (κ1) is 25.3. The minimum atomic E-state index is -0.0804. The van der Waals surface area contributed by atoms with Crippen LogP contribution in [0.2, 0.25) is 0 Å². The van der Waals surface area contributed by atoms with Crippen LogP contribution in [0.4, 0.5) is 17.1 Å². The van der Waals surface area contributed by atoms with Crippen molar-refractivity contribution >= 4 is 17.1 Å². The highest BCUT2D eigenvalue weighted by Gasteiger charge is 2.36. The molecule has 0 aromatic heterocycles. The third-order valence-electron chi connectivity index (χ3n) is 7.98. The van der Waals surface area contributed by atoms with Crippen molar-refractivity contribution in [1.82, 2.24) is 0 Å². The number of fused-ring (bicyclic) bond motifs is 3. The summed E-state index contributed by atoms with van der Waals surface area (Å²) in [6.45, 7) is 9.20. The summed E-state index contributed by atoms with van der Waals surface area (Å²) in [6.07, 6.45) is 1.69. The Kier molecular flexibility index (Phi) is 6.94. The molecule has 1 atom stereocenters. The predicted octanol–water partition coefficient (Wildman–Crippen LogP) is 7.66. The standard InChI is InChI=1S/C34H37NO2/c1-5-24-8-16-30-31-17-15-29(21-33(31)34(3,4)32(30)20-24)35(27-11-6-25(7-12-27)18-19-36)28-13-9-26(10-14-28)23(2)22-37/h6-17,20-21,23,36-37H,5,18-19,22H2,1-4H3. The van der Waals surface area contributed by atoms with Crippen LogP contribution >= 0.6 is 0 Å². The van der Waals surface area contributed by atoms with E-state index in [2.05, 4.69) is 111 Å². The second-order valence-corrected chi connectivity index (χ2v) is 10.7. The van der Waals surface area contributed by atoms with Crippen molar-refractivity contribution in [3.05, 3.63) is 113 Å². The maximum Gasteiger partial charge on any atom is 0.0497 e. The highest BCUT2D eigenvalue weighted by molar-refractivity contribution is 5.85. The van der Waals surface area contributed by atoms with Crippen LogP contribution in [0.15, 0.2) is 84.9 Å². The van der Waals surface area contributed by atoms with E-state index < -0.39 is 0 Å². The van der Waals surface area contributed by atoms with Gasteiger partial charge in [-0.05, 0) is 88.2 Å². The first-order valence-electron chi connectivity index (χ1n) is 13.4. The summed E-state index contributed by atoms with van der Waals surface area (Å²) >= 11 is 0. The van der Waals surface area contributed by atoms with Crippen LogP contribution in [0, 0.1) is 0 Å². The quantitative estimate of drug-likeness (QED) is 0.266. The number of aliphatic hydroxyl groups is 2. The molecule has 3 heteroatoms. The smallest absolute Gasteiger partial charge is 0.0497 e. The van der Waals surface area contributed by atoms with E-state index in [4.69, 9.17) is 0 Å². The third kappa shape index (κ3) is 4.58. The van der Waals surface area contributed by atoms with Gasteiger partial charge < -0.3 is 15.1 Å². The summed E-state index contributed by atoms with van der Waals surface area (Å²) in [6, 6.07) is 30.8. The van der Waals surface area contributed by atoms with Gasteiger partial charge in [0.25, 0.3) is 0 Å². The molecule has 1 aliphatic carbocycles. The molecule has 0 aliphatic heterocycles. The van der Waals surface area contributed by atoms with E-state index in [1.54, 1.807) is 0 Å². The van der Waals surface area contributed by atoms with Crippen molar-refractivity contribution in [2.24, 2.45) is 0 Å². The molecule has 0 saturated heterocycles. The highest BCUT2D eigenvalue weighted by atomic mass is 16.3. The van der Waals surface area contributed by atoms with Gasteiger partial charge in [-0.15, -0.1) is 0 Å². The number of rotatable bonds is 8. The van der Waals surface area contributed by atoms with Gasteiger partial charge in [-0.1, -0.05) is 76.2 Å². The molecule has 0 amide bonds. The lowest BCUT2D eigenvalue weighted by Crippen LogP contribution is -2.17. The number of aryl methyl sites for hydroxylation is 1. The normalized spacial score (nSPS) is 14.2. The van der Waals surface area contributed by atoms with Gasteiger partial charge in [0.15, 0.2) is 0 Å². The van der Waals surface area contributed by atoms with E-state index >= 15 is 0 Å². The average Bonchev–Trinajstić information content (AvgIpc) is 3.15. The van der Waals surface area contributed by atoms with E-state index in [1.165, 1.54) is 27.8 Å². The topological polar surface area (TPSA) is 43.7 Å². The van der Waals surface area contributed by atoms with Crippen LogP contribution in [-0.2, 0) is 18.3 Å². The van der Waals surface area contributed by atoms with Crippen molar-refractivity contribution in [3.8, 4) is 11.1 Å². The fraction of sp³-hybridized carbons (Fsp3) is 0.294. The molecule has 5 rings (SSSR count). The lowest BCUT2D eigenvalue weighted by atomic mass is 9.81. The maximum absolute atomic E-state index is 9.61. The van der Waals surface area contributed by atoms with Crippen LogP contribution in [0.3, 0.4) is 0 Å². The zero-order valence-electron chi connectivity index (χ0n) is 22.3. The number of nitrogens with zero attached hydrogens (tertiary/aromatic N) is 1. The monoisotopic (exact) mass is 491 g/mol. The van der Waals surface area contributed by atoms with E-state index in [0.29, 0.717) is 6.42 Å². The van der Waals surface area contributed by atoms with Crippen LogP contribution in [0.1, 0.15) is 61.4 Å². The van der Waals surface area contributed by atoms with Crippen molar-refractivity contribution in [2.75, 3.05) is 18.1 Å². The molecular weight excluding hydrogens is 454 g/mol. The largest absolute Gasteiger partial charge is 0.396 e. The van der Waals surface area contributed by atoms with Gasteiger partial charge in [0, 0.05) is 41.6 Å². The second-order valence-electron chi connectivity index (χ2n) is 10.7. The summed E-state index contributed by atoms with van der Waals surface area (Å²) in [4.78, 5) is 2.30. The van der Waals surface area contributed by atoms with Crippen molar-refractivity contribution < 1.29 is 10.2 Å². The highest BCUT2D eigenvalue weighted by Crippen LogP contribution is 2.51. The molecular formula is C34H37NO2. The van der Waals surface area contributed by atoms with Crippen molar-refractivity contribution in [1.29, 1.82) is 0 Å². The Hall–Kier alpha value is -3.40. The minimum Gasteiger partial charge on any atom is -0.396 e. The number of aliphatic hydroxyl groups excluding tert-OH is 2. The van der Waals surface area contributed by atoms with Crippen molar-refractivity contribution in [2.45, 2.75) is 51.9 Å². The van der Waals surface area contributed by atoms with Crippen LogP contribution in [0.25, 0.3) is 11.1 Å². The lowest BCUT2D eigenvalue weighted by molar-refractivity contribution is 0.273. The molecule has 1 aliphatic rings. The predicted molar refractivity (Wildman–Crippen MR) is 154 cm³/mol. The van der Waals surface area contributed by atoms with Gasteiger partial charge in [0.2, 0.25) is 0 Å². The SMILES string of the molecule is CCc1ccc2c(c1)C(C)(C)c1cc(N(c3ccc(CCO)cc3)c3ccc(C(C)CO)cc3)ccc1-2. The minimum absolute atomic E-state index is 0.0804. The van der Waals surface area contributed by atoms with E-state index in [9.17, 15) is 10.2 Å². The molecule has 0 fully saturated rings. The van der Waals surface area contributed by atoms with Crippen LogP contribution in [-0.4, -0.2) is 23.4 Å². The van der Waals surface area contributed by atoms with Gasteiger partial charge >= 0.3 is 0 Å². The summed E-state index contributed by atoms with van der Waals surface area (Å²) in [5, 5.41) is 19.0. The molecule has 0 spiro atoms. The lowest BCUT2D eigenvalue weighted by Gasteiger charge is -2.28. The molecule has 0 bridgehead atoms. The van der Waals surface area contributed by atoms with Crippen molar-refractivity contribution in [3.63, 3.8) is 0 Å². The van der Waals surface area contributed by atoms with Crippen LogP contribution < -0.4 is 4.90 Å². The molecule has 0 radical (unpaired) electrons. The zero-order chi connectivity index (χ0) is 26.2. The number of anilines is 3. The first-order chi connectivity index (χ1) is 17.9. The number of hydrogen-bond acceptors (Lipinski definition) is 3.